The van der Waals surface area contributed by atoms with E-state index < -0.39 is 0 Å². The summed E-state index contributed by atoms with van der Waals surface area (Å²) >= 11 is 0. The van der Waals surface area contributed by atoms with Gasteiger partial charge in [-0.1, -0.05) is 0 Å². The van der Waals surface area contributed by atoms with E-state index in [2.05, 4.69) is 15.3 Å². The first-order chi connectivity index (χ1) is 5.36. The van der Waals surface area contributed by atoms with Gasteiger partial charge in [-0.05, 0) is 6.92 Å². The molecule has 11 heavy (non-hydrogen) atoms. The minimum absolute atomic E-state index is 0.555. The Bertz CT molecular complexity index is 227. The van der Waals surface area contributed by atoms with Crippen LogP contribution in [0.25, 0.3) is 0 Å². The molecule has 0 spiro atoms. The molecule has 0 amide bonds. The molecule has 0 saturated carbocycles. The highest BCUT2D eigenvalue weighted by molar-refractivity contribution is 5.31. The molecule has 4 nitrogen and oxygen atoms in total. The lowest BCUT2D eigenvalue weighted by molar-refractivity contribution is 0.326. The number of ether oxygens (including phenoxy) is 1. The van der Waals surface area contributed by atoms with E-state index >= 15 is 0 Å². The molecule has 1 heterocycles. The van der Waals surface area contributed by atoms with Crippen LogP contribution in [0.5, 0.6) is 5.88 Å². The van der Waals surface area contributed by atoms with Crippen LogP contribution in [0.3, 0.4) is 0 Å². The van der Waals surface area contributed by atoms with Crippen LogP contribution in [-0.4, -0.2) is 23.6 Å². The molecular weight excluding hydrogens is 142 g/mol. The molecule has 0 unspecified atom stereocenters. The Labute approximate surface area is 65.6 Å². The molecule has 0 aromatic carbocycles. The fraction of sp³-hybridized carbons (Fsp3) is 0.429. The lowest BCUT2D eigenvalue weighted by atomic mass is 10.6. The molecule has 4 heteroatoms. The molecule has 1 rings (SSSR count). The summed E-state index contributed by atoms with van der Waals surface area (Å²) in [6, 6.07) is 0. The SMILES string of the molecule is CCOc1cncc(NC)n1. The van der Waals surface area contributed by atoms with Gasteiger partial charge in [0, 0.05) is 7.05 Å². The first-order valence-electron chi connectivity index (χ1n) is 3.49. The van der Waals surface area contributed by atoms with Crippen molar-refractivity contribution < 1.29 is 4.74 Å². The van der Waals surface area contributed by atoms with Crippen LogP contribution >= 0.6 is 0 Å². The van der Waals surface area contributed by atoms with E-state index in [1.165, 1.54) is 0 Å². The molecular formula is C7H11N3O. The highest BCUT2D eigenvalue weighted by Gasteiger charge is 1.94. The molecule has 0 aliphatic rings. The molecule has 0 atom stereocenters. The lowest BCUT2D eigenvalue weighted by Gasteiger charge is -2.02. The Morgan fingerprint density at radius 2 is 2.36 bits per heavy atom. The van der Waals surface area contributed by atoms with Crippen molar-refractivity contribution in [2.45, 2.75) is 6.92 Å². The van der Waals surface area contributed by atoms with E-state index in [4.69, 9.17) is 4.74 Å². The summed E-state index contributed by atoms with van der Waals surface area (Å²) in [7, 11) is 1.79. The van der Waals surface area contributed by atoms with Crippen molar-refractivity contribution in [3.05, 3.63) is 12.4 Å². The second-order valence-corrected chi connectivity index (χ2v) is 1.93. The molecule has 0 radical (unpaired) electrons. The van der Waals surface area contributed by atoms with Gasteiger partial charge in [0.1, 0.15) is 5.82 Å². The molecule has 0 aliphatic heterocycles. The van der Waals surface area contributed by atoms with Gasteiger partial charge in [-0.15, -0.1) is 0 Å². The Morgan fingerprint density at radius 3 is 3.00 bits per heavy atom. The van der Waals surface area contributed by atoms with Crippen LogP contribution in [0.15, 0.2) is 12.4 Å². The Balaban J connectivity index is 2.74. The largest absolute Gasteiger partial charge is 0.477 e. The van der Waals surface area contributed by atoms with Gasteiger partial charge in [-0.2, -0.15) is 4.98 Å². The van der Waals surface area contributed by atoms with E-state index in [1.54, 1.807) is 19.4 Å². The average Bonchev–Trinajstić information content (AvgIpc) is 2.06. The van der Waals surface area contributed by atoms with Crippen molar-refractivity contribution in [3.8, 4) is 5.88 Å². The summed E-state index contributed by atoms with van der Waals surface area (Å²) < 4.78 is 5.13. The van der Waals surface area contributed by atoms with E-state index in [1.807, 2.05) is 6.92 Å². The zero-order valence-electron chi connectivity index (χ0n) is 6.66. The van der Waals surface area contributed by atoms with E-state index in [0.717, 1.165) is 5.82 Å². The summed E-state index contributed by atoms with van der Waals surface area (Å²) in [4.78, 5) is 8.01. The third kappa shape index (κ3) is 2.07. The van der Waals surface area contributed by atoms with Crippen molar-refractivity contribution in [2.24, 2.45) is 0 Å². The predicted molar refractivity (Wildman–Crippen MR) is 42.7 cm³/mol. The quantitative estimate of drug-likeness (QED) is 0.701. The molecule has 60 valence electrons. The van der Waals surface area contributed by atoms with Gasteiger partial charge in [-0.3, -0.25) is 4.98 Å². The summed E-state index contributed by atoms with van der Waals surface area (Å²) in [5.41, 5.74) is 0. The number of nitrogens with one attached hydrogen (secondary N) is 1. The smallest absolute Gasteiger partial charge is 0.234 e. The summed E-state index contributed by atoms with van der Waals surface area (Å²) in [5, 5.41) is 2.87. The monoisotopic (exact) mass is 153 g/mol. The molecule has 0 saturated heterocycles. The molecule has 0 aliphatic carbocycles. The zero-order chi connectivity index (χ0) is 8.10. The van der Waals surface area contributed by atoms with Gasteiger partial charge in [-0.25, -0.2) is 0 Å². The van der Waals surface area contributed by atoms with Crippen LogP contribution in [0.2, 0.25) is 0 Å². The van der Waals surface area contributed by atoms with Gasteiger partial charge < -0.3 is 10.1 Å². The summed E-state index contributed by atoms with van der Waals surface area (Å²) in [5.74, 6) is 1.27. The minimum Gasteiger partial charge on any atom is -0.477 e. The molecule has 1 aromatic heterocycles. The normalized spacial score (nSPS) is 9.27. The zero-order valence-corrected chi connectivity index (χ0v) is 6.66. The third-order valence-corrected chi connectivity index (χ3v) is 1.16. The number of rotatable bonds is 3. The summed E-state index contributed by atoms with van der Waals surface area (Å²) in [6.07, 6.45) is 3.23. The average molecular weight is 153 g/mol. The molecule has 1 aromatic rings. The van der Waals surface area contributed by atoms with Gasteiger partial charge in [0.15, 0.2) is 0 Å². The minimum atomic E-state index is 0.555. The first-order valence-corrected chi connectivity index (χ1v) is 3.49. The lowest BCUT2D eigenvalue weighted by Crippen LogP contribution is -1.98. The van der Waals surface area contributed by atoms with Crippen molar-refractivity contribution in [1.82, 2.24) is 9.97 Å². The van der Waals surface area contributed by atoms with Crippen LogP contribution in [0, 0.1) is 0 Å². The van der Waals surface area contributed by atoms with Gasteiger partial charge >= 0.3 is 0 Å². The van der Waals surface area contributed by atoms with Gasteiger partial charge in [0.2, 0.25) is 5.88 Å². The maximum absolute atomic E-state index is 5.13. The van der Waals surface area contributed by atoms with Crippen molar-refractivity contribution >= 4 is 5.82 Å². The highest BCUT2D eigenvalue weighted by Crippen LogP contribution is 2.07. The highest BCUT2D eigenvalue weighted by atomic mass is 16.5. The van der Waals surface area contributed by atoms with Crippen molar-refractivity contribution in [2.75, 3.05) is 19.0 Å². The standard InChI is InChI=1S/C7H11N3O/c1-3-11-7-5-9-4-6(8-2)10-7/h4-5H,3H2,1-2H3,(H,8,10). The maximum Gasteiger partial charge on any atom is 0.234 e. The van der Waals surface area contributed by atoms with E-state index in [-0.39, 0.29) is 0 Å². The molecule has 1 N–H and O–H groups in total. The van der Waals surface area contributed by atoms with Gasteiger partial charge in [0.25, 0.3) is 0 Å². The summed E-state index contributed by atoms with van der Waals surface area (Å²) in [6.45, 7) is 2.52. The van der Waals surface area contributed by atoms with Crippen molar-refractivity contribution in [3.63, 3.8) is 0 Å². The fourth-order valence-electron chi connectivity index (χ4n) is 0.686. The third-order valence-electron chi connectivity index (χ3n) is 1.16. The van der Waals surface area contributed by atoms with Gasteiger partial charge in [0.05, 0.1) is 19.0 Å². The van der Waals surface area contributed by atoms with E-state index in [0.29, 0.717) is 12.5 Å². The Morgan fingerprint density at radius 1 is 1.55 bits per heavy atom. The number of nitrogens with zero attached hydrogens (tertiary/aromatic N) is 2. The second kappa shape index (κ2) is 3.75. The first kappa shape index (κ1) is 7.78. The topological polar surface area (TPSA) is 47.0 Å². The van der Waals surface area contributed by atoms with E-state index in [9.17, 15) is 0 Å². The number of hydrogen-bond donors (Lipinski definition) is 1. The number of anilines is 1. The van der Waals surface area contributed by atoms with Crippen LogP contribution in [-0.2, 0) is 0 Å². The molecule has 0 fully saturated rings. The van der Waals surface area contributed by atoms with Crippen molar-refractivity contribution in [1.29, 1.82) is 0 Å². The fourth-order valence-corrected chi connectivity index (χ4v) is 0.686. The van der Waals surface area contributed by atoms with Crippen LogP contribution < -0.4 is 10.1 Å². The number of aromatic nitrogens is 2. The molecule has 0 bridgehead atoms. The Hall–Kier alpha value is -1.32. The van der Waals surface area contributed by atoms with Crippen LogP contribution in [0.1, 0.15) is 6.92 Å². The maximum atomic E-state index is 5.13. The number of hydrogen-bond acceptors (Lipinski definition) is 4. The Kier molecular flexibility index (Phi) is 2.66. The predicted octanol–water partition coefficient (Wildman–Crippen LogP) is 0.917. The van der Waals surface area contributed by atoms with Crippen LogP contribution in [0.4, 0.5) is 5.82 Å². The second-order valence-electron chi connectivity index (χ2n) is 1.93.